The standard InChI is InChI=1S/C13H16N6/c1-3-7-19-10-15-17-13(19)9-18(2)12-6-4-5-11(8-14)16-12/h4-6,10H,3,7,9H2,1-2H3. The van der Waals surface area contributed by atoms with E-state index < -0.39 is 0 Å². The first-order chi connectivity index (χ1) is 9.24. The van der Waals surface area contributed by atoms with E-state index in [1.165, 1.54) is 0 Å². The van der Waals surface area contributed by atoms with Crippen LogP contribution in [0.3, 0.4) is 0 Å². The van der Waals surface area contributed by atoms with Crippen LogP contribution in [0.25, 0.3) is 0 Å². The smallest absolute Gasteiger partial charge is 0.152 e. The summed E-state index contributed by atoms with van der Waals surface area (Å²) in [4.78, 5) is 6.21. The normalized spacial score (nSPS) is 10.2. The zero-order valence-corrected chi connectivity index (χ0v) is 11.1. The van der Waals surface area contributed by atoms with E-state index in [0.717, 1.165) is 24.6 Å². The zero-order chi connectivity index (χ0) is 13.7. The van der Waals surface area contributed by atoms with Crippen molar-refractivity contribution in [3.8, 4) is 6.07 Å². The highest BCUT2D eigenvalue weighted by Crippen LogP contribution is 2.12. The number of rotatable bonds is 5. The maximum absolute atomic E-state index is 8.86. The first-order valence-corrected chi connectivity index (χ1v) is 6.19. The molecule has 6 nitrogen and oxygen atoms in total. The third kappa shape index (κ3) is 3.07. The second-order valence-corrected chi connectivity index (χ2v) is 4.29. The molecule has 0 spiro atoms. The van der Waals surface area contributed by atoms with Crippen LogP contribution in [0.4, 0.5) is 5.82 Å². The molecule has 2 heterocycles. The molecule has 0 fully saturated rings. The van der Waals surface area contributed by atoms with E-state index in [1.54, 1.807) is 12.4 Å². The Morgan fingerprint density at radius 1 is 1.42 bits per heavy atom. The predicted octanol–water partition coefficient (Wildman–Crippen LogP) is 1.59. The highest BCUT2D eigenvalue weighted by atomic mass is 15.3. The molecule has 0 aromatic carbocycles. The maximum Gasteiger partial charge on any atom is 0.152 e. The molecule has 0 radical (unpaired) electrons. The van der Waals surface area contributed by atoms with Crippen LogP contribution in [-0.2, 0) is 13.1 Å². The van der Waals surface area contributed by atoms with Crippen LogP contribution in [-0.4, -0.2) is 26.8 Å². The van der Waals surface area contributed by atoms with Gasteiger partial charge in [-0.3, -0.25) is 0 Å². The molecule has 2 rings (SSSR count). The highest BCUT2D eigenvalue weighted by molar-refractivity contribution is 5.40. The van der Waals surface area contributed by atoms with E-state index in [-0.39, 0.29) is 0 Å². The first-order valence-electron chi connectivity index (χ1n) is 6.19. The number of aromatic nitrogens is 4. The molecule has 0 amide bonds. The van der Waals surface area contributed by atoms with Gasteiger partial charge in [-0.25, -0.2) is 4.98 Å². The molecular formula is C13H16N6. The average molecular weight is 256 g/mol. The molecule has 98 valence electrons. The molecule has 19 heavy (non-hydrogen) atoms. The molecule has 0 saturated carbocycles. The van der Waals surface area contributed by atoms with Crippen molar-refractivity contribution in [1.82, 2.24) is 19.7 Å². The van der Waals surface area contributed by atoms with Gasteiger partial charge in [0.2, 0.25) is 0 Å². The number of nitriles is 1. The summed E-state index contributed by atoms with van der Waals surface area (Å²) in [5, 5.41) is 16.9. The Kier molecular flexibility index (Phi) is 4.08. The number of anilines is 1. The van der Waals surface area contributed by atoms with Gasteiger partial charge in [0, 0.05) is 13.6 Å². The molecule has 6 heteroatoms. The lowest BCUT2D eigenvalue weighted by Crippen LogP contribution is -2.21. The van der Waals surface area contributed by atoms with Crippen LogP contribution < -0.4 is 4.90 Å². The van der Waals surface area contributed by atoms with Crippen LogP contribution in [0.15, 0.2) is 24.5 Å². The van der Waals surface area contributed by atoms with Gasteiger partial charge in [0.15, 0.2) is 5.82 Å². The molecule has 0 aliphatic carbocycles. The Morgan fingerprint density at radius 2 is 2.26 bits per heavy atom. The Morgan fingerprint density at radius 3 is 3.00 bits per heavy atom. The van der Waals surface area contributed by atoms with Crippen molar-refractivity contribution >= 4 is 5.82 Å². The van der Waals surface area contributed by atoms with Crippen molar-refractivity contribution < 1.29 is 0 Å². The first kappa shape index (κ1) is 13.0. The second kappa shape index (κ2) is 5.96. The van der Waals surface area contributed by atoms with Crippen molar-refractivity contribution in [1.29, 1.82) is 5.26 Å². The summed E-state index contributed by atoms with van der Waals surface area (Å²) in [5.74, 6) is 1.65. The molecule has 0 unspecified atom stereocenters. The number of hydrogen-bond acceptors (Lipinski definition) is 5. The Hall–Kier alpha value is -2.42. The number of aryl methyl sites for hydroxylation is 1. The molecular weight excluding hydrogens is 240 g/mol. The van der Waals surface area contributed by atoms with Gasteiger partial charge < -0.3 is 9.47 Å². The van der Waals surface area contributed by atoms with Gasteiger partial charge in [-0.2, -0.15) is 5.26 Å². The zero-order valence-electron chi connectivity index (χ0n) is 11.1. The number of hydrogen-bond donors (Lipinski definition) is 0. The third-order valence-electron chi connectivity index (χ3n) is 2.78. The summed E-state index contributed by atoms with van der Waals surface area (Å²) in [5.41, 5.74) is 0.416. The van der Waals surface area contributed by atoms with Gasteiger partial charge in [-0.05, 0) is 18.6 Å². The maximum atomic E-state index is 8.86. The van der Waals surface area contributed by atoms with E-state index >= 15 is 0 Å². The highest BCUT2D eigenvalue weighted by Gasteiger charge is 2.09. The van der Waals surface area contributed by atoms with E-state index in [2.05, 4.69) is 22.1 Å². The fourth-order valence-corrected chi connectivity index (χ4v) is 1.82. The fourth-order valence-electron chi connectivity index (χ4n) is 1.82. The van der Waals surface area contributed by atoms with Crippen molar-refractivity contribution in [3.05, 3.63) is 36.0 Å². The SMILES string of the molecule is CCCn1cnnc1CN(C)c1cccc(C#N)n1. The summed E-state index contributed by atoms with van der Waals surface area (Å²) in [6.45, 7) is 3.63. The molecule has 0 aliphatic rings. The van der Waals surface area contributed by atoms with Crippen molar-refractivity contribution in [2.45, 2.75) is 26.4 Å². The molecule has 0 bridgehead atoms. The summed E-state index contributed by atoms with van der Waals surface area (Å²) in [6, 6.07) is 7.44. The fraction of sp³-hybridized carbons (Fsp3) is 0.385. The predicted molar refractivity (Wildman–Crippen MR) is 71.4 cm³/mol. The summed E-state index contributed by atoms with van der Waals surface area (Å²) in [6.07, 6.45) is 2.78. The van der Waals surface area contributed by atoms with Crippen LogP contribution in [0.5, 0.6) is 0 Å². The van der Waals surface area contributed by atoms with E-state index in [9.17, 15) is 0 Å². The minimum atomic E-state index is 0.416. The molecule has 2 aromatic rings. The lowest BCUT2D eigenvalue weighted by molar-refractivity contribution is 0.630. The van der Waals surface area contributed by atoms with E-state index in [0.29, 0.717) is 12.2 Å². The van der Waals surface area contributed by atoms with Crippen molar-refractivity contribution in [3.63, 3.8) is 0 Å². The minimum Gasteiger partial charge on any atom is -0.352 e. The van der Waals surface area contributed by atoms with Gasteiger partial charge in [-0.1, -0.05) is 13.0 Å². The Labute approximate surface area is 112 Å². The van der Waals surface area contributed by atoms with Gasteiger partial charge in [0.05, 0.1) is 6.54 Å². The number of pyridine rings is 1. The molecule has 2 aromatic heterocycles. The quantitative estimate of drug-likeness (QED) is 0.812. The van der Waals surface area contributed by atoms with Gasteiger partial charge >= 0.3 is 0 Å². The van der Waals surface area contributed by atoms with Gasteiger partial charge in [-0.15, -0.1) is 10.2 Å². The largest absolute Gasteiger partial charge is 0.352 e. The Bertz CT molecular complexity index is 583. The van der Waals surface area contributed by atoms with Crippen LogP contribution in [0.1, 0.15) is 24.9 Å². The molecule has 0 atom stereocenters. The van der Waals surface area contributed by atoms with Crippen molar-refractivity contribution in [2.75, 3.05) is 11.9 Å². The van der Waals surface area contributed by atoms with E-state index in [4.69, 9.17) is 5.26 Å². The third-order valence-corrected chi connectivity index (χ3v) is 2.78. The second-order valence-electron chi connectivity index (χ2n) is 4.29. The molecule has 0 N–H and O–H groups in total. The van der Waals surface area contributed by atoms with Gasteiger partial charge in [0.1, 0.15) is 23.9 Å². The summed E-state index contributed by atoms with van der Waals surface area (Å²) >= 11 is 0. The van der Waals surface area contributed by atoms with Gasteiger partial charge in [0.25, 0.3) is 0 Å². The molecule has 0 saturated heterocycles. The lowest BCUT2D eigenvalue weighted by atomic mass is 10.3. The summed E-state index contributed by atoms with van der Waals surface area (Å²) in [7, 11) is 1.93. The topological polar surface area (TPSA) is 70.6 Å². The monoisotopic (exact) mass is 256 g/mol. The molecule has 0 aliphatic heterocycles. The van der Waals surface area contributed by atoms with Crippen molar-refractivity contribution in [2.24, 2.45) is 0 Å². The van der Waals surface area contributed by atoms with Crippen LogP contribution in [0.2, 0.25) is 0 Å². The van der Waals surface area contributed by atoms with Crippen LogP contribution >= 0.6 is 0 Å². The number of nitrogens with zero attached hydrogens (tertiary/aromatic N) is 6. The lowest BCUT2D eigenvalue weighted by Gasteiger charge is -2.17. The summed E-state index contributed by atoms with van der Waals surface area (Å²) < 4.78 is 2.03. The van der Waals surface area contributed by atoms with E-state index in [1.807, 2.05) is 34.7 Å². The average Bonchev–Trinajstić information content (AvgIpc) is 2.86. The Balaban J connectivity index is 2.14. The minimum absolute atomic E-state index is 0.416. The van der Waals surface area contributed by atoms with Crippen LogP contribution in [0, 0.1) is 11.3 Å².